The van der Waals surface area contributed by atoms with Crippen molar-refractivity contribution < 1.29 is 14.7 Å². The quantitative estimate of drug-likeness (QED) is 0.690. The second-order valence-corrected chi connectivity index (χ2v) is 6.16. The van der Waals surface area contributed by atoms with Crippen LogP contribution in [0, 0.1) is 19.8 Å². The first-order valence-corrected chi connectivity index (χ1v) is 7.62. The lowest BCUT2D eigenvalue weighted by atomic mass is 10.1. The third kappa shape index (κ3) is 6.72. The Labute approximate surface area is 132 Å². The Bertz CT molecular complexity index is 506. The van der Waals surface area contributed by atoms with E-state index in [4.69, 9.17) is 0 Å². The van der Waals surface area contributed by atoms with Crippen LogP contribution in [0.3, 0.4) is 0 Å². The maximum absolute atomic E-state index is 12.0. The van der Waals surface area contributed by atoms with Gasteiger partial charge in [0.2, 0.25) is 5.91 Å². The molecule has 0 spiro atoms. The van der Waals surface area contributed by atoms with Crippen LogP contribution in [-0.2, 0) is 9.59 Å². The average molecular weight is 306 g/mol. The molecule has 0 bridgehead atoms. The summed E-state index contributed by atoms with van der Waals surface area (Å²) in [7, 11) is 0. The zero-order chi connectivity index (χ0) is 16.7. The monoisotopic (exact) mass is 306 g/mol. The summed E-state index contributed by atoms with van der Waals surface area (Å²) >= 11 is 0. The number of nitrogens with one attached hydrogen (secondary N) is 2. The molecule has 122 valence electrons. The number of anilines is 1. The second kappa shape index (κ2) is 8.54. The van der Waals surface area contributed by atoms with Gasteiger partial charge in [-0.2, -0.15) is 0 Å². The molecule has 1 unspecified atom stereocenters. The van der Waals surface area contributed by atoms with Crippen LogP contribution >= 0.6 is 0 Å². The van der Waals surface area contributed by atoms with E-state index in [1.165, 1.54) is 0 Å². The predicted octanol–water partition coefficient (Wildman–Crippen LogP) is 2.72. The van der Waals surface area contributed by atoms with Gasteiger partial charge in [0, 0.05) is 5.69 Å². The topological polar surface area (TPSA) is 78.4 Å². The summed E-state index contributed by atoms with van der Waals surface area (Å²) in [5.41, 5.74) is 2.81. The van der Waals surface area contributed by atoms with Gasteiger partial charge in [-0.1, -0.05) is 19.9 Å². The summed E-state index contributed by atoms with van der Waals surface area (Å²) in [6.07, 6.45) is 0.795. The van der Waals surface area contributed by atoms with Crippen LogP contribution in [0.5, 0.6) is 0 Å². The molecule has 22 heavy (non-hydrogen) atoms. The molecule has 1 rings (SSSR count). The van der Waals surface area contributed by atoms with Crippen LogP contribution < -0.4 is 10.6 Å². The van der Waals surface area contributed by atoms with Gasteiger partial charge in [-0.15, -0.1) is 0 Å². The van der Waals surface area contributed by atoms with Gasteiger partial charge in [0.15, 0.2) is 0 Å². The number of hydrogen-bond donors (Lipinski definition) is 3. The van der Waals surface area contributed by atoms with E-state index in [0.717, 1.165) is 17.5 Å². The number of hydrogen-bond acceptors (Lipinski definition) is 3. The van der Waals surface area contributed by atoms with Gasteiger partial charge < -0.3 is 15.7 Å². The Hall–Kier alpha value is -1.88. The fourth-order valence-corrected chi connectivity index (χ4v) is 2.24. The molecule has 3 N–H and O–H groups in total. The zero-order valence-corrected chi connectivity index (χ0v) is 13.8. The van der Waals surface area contributed by atoms with E-state index >= 15 is 0 Å². The molecule has 0 heterocycles. The summed E-state index contributed by atoms with van der Waals surface area (Å²) in [5.74, 6) is -0.806. The number of benzene rings is 1. The second-order valence-electron chi connectivity index (χ2n) is 6.16. The van der Waals surface area contributed by atoms with Gasteiger partial charge in [-0.25, -0.2) is 0 Å². The van der Waals surface area contributed by atoms with Crippen LogP contribution in [0.25, 0.3) is 0 Å². The van der Waals surface area contributed by atoms with Crippen molar-refractivity contribution in [2.24, 2.45) is 5.92 Å². The molecule has 0 aliphatic rings. The van der Waals surface area contributed by atoms with E-state index in [9.17, 15) is 14.7 Å². The SMILES string of the molecule is Cc1cc(C)cc(NC(=O)CC(NCCC(C)C)C(=O)O)c1. The van der Waals surface area contributed by atoms with Crippen LogP contribution in [0.2, 0.25) is 0 Å². The van der Waals surface area contributed by atoms with Crippen molar-refractivity contribution in [2.75, 3.05) is 11.9 Å². The lowest BCUT2D eigenvalue weighted by molar-refractivity contribution is -0.141. The van der Waals surface area contributed by atoms with Gasteiger partial charge >= 0.3 is 5.97 Å². The standard InChI is InChI=1S/C17H26N2O3/c1-11(2)5-6-18-15(17(21)22)10-16(20)19-14-8-12(3)7-13(4)9-14/h7-9,11,15,18H,5-6,10H2,1-4H3,(H,19,20)(H,21,22). The highest BCUT2D eigenvalue weighted by Gasteiger charge is 2.20. The van der Waals surface area contributed by atoms with E-state index in [1.54, 1.807) is 0 Å². The maximum atomic E-state index is 12.0. The smallest absolute Gasteiger partial charge is 0.321 e. The first-order valence-electron chi connectivity index (χ1n) is 7.62. The number of carbonyl (C=O) groups excluding carboxylic acids is 1. The average Bonchev–Trinajstić information content (AvgIpc) is 2.35. The van der Waals surface area contributed by atoms with Crippen molar-refractivity contribution in [3.8, 4) is 0 Å². The summed E-state index contributed by atoms with van der Waals surface area (Å²) in [6, 6.07) is 4.90. The summed E-state index contributed by atoms with van der Waals surface area (Å²) < 4.78 is 0. The summed E-state index contributed by atoms with van der Waals surface area (Å²) in [4.78, 5) is 23.3. The molecule has 5 nitrogen and oxygen atoms in total. The molecule has 1 atom stereocenters. The minimum absolute atomic E-state index is 0.0829. The minimum Gasteiger partial charge on any atom is -0.480 e. The van der Waals surface area contributed by atoms with Crippen molar-refractivity contribution >= 4 is 17.6 Å². The van der Waals surface area contributed by atoms with Crippen LogP contribution in [-0.4, -0.2) is 29.6 Å². The van der Waals surface area contributed by atoms with E-state index < -0.39 is 12.0 Å². The van der Waals surface area contributed by atoms with E-state index in [0.29, 0.717) is 18.2 Å². The lowest BCUT2D eigenvalue weighted by Crippen LogP contribution is -2.40. The number of aryl methyl sites for hydroxylation is 2. The van der Waals surface area contributed by atoms with E-state index in [2.05, 4.69) is 24.5 Å². The van der Waals surface area contributed by atoms with Gasteiger partial charge in [-0.3, -0.25) is 9.59 Å². The highest BCUT2D eigenvalue weighted by molar-refractivity contribution is 5.94. The van der Waals surface area contributed by atoms with Crippen molar-refractivity contribution in [2.45, 2.75) is 46.6 Å². The van der Waals surface area contributed by atoms with Crippen LogP contribution in [0.1, 0.15) is 37.8 Å². The molecule has 0 radical (unpaired) electrons. The maximum Gasteiger partial charge on any atom is 0.321 e. The highest BCUT2D eigenvalue weighted by Crippen LogP contribution is 2.14. The number of carbonyl (C=O) groups is 2. The Balaban J connectivity index is 2.57. The Morgan fingerprint density at radius 2 is 1.73 bits per heavy atom. The van der Waals surface area contributed by atoms with Crippen molar-refractivity contribution in [1.82, 2.24) is 5.32 Å². The van der Waals surface area contributed by atoms with Crippen LogP contribution in [0.4, 0.5) is 5.69 Å². The largest absolute Gasteiger partial charge is 0.480 e. The number of rotatable bonds is 8. The molecule has 1 aromatic rings. The highest BCUT2D eigenvalue weighted by atomic mass is 16.4. The Kier molecular flexibility index (Phi) is 7.05. The third-order valence-corrected chi connectivity index (χ3v) is 3.31. The molecule has 0 saturated heterocycles. The van der Waals surface area contributed by atoms with Gasteiger partial charge in [0.05, 0.1) is 6.42 Å². The first-order chi connectivity index (χ1) is 10.3. The molecule has 0 aliphatic carbocycles. The Morgan fingerprint density at radius 3 is 2.23 bits per heavy atom. The van der Waals surface area contributed by atoms with Gasteiger partial charge in [0.25, 0.3) is 0 Å². The number of aliphatic carboxylic acids is 1. The fourth-order valence-electron chi connectivity index (χ4n) is 2.24. The molecule has 5 heteroatoms. The number of carboxylic acids is 1. The fraction of sp³-hybridized carbons (Fsp3) is 0.529. The van der Waals surface area contributed by atoms with Gasteiger partial charge in [-0.05, 0) is 56.0 Å². The number of carboxylic acid groups (broad SMARTS) is 1. The third-order valence-electron chi connectivity index (χ3n) is 3.31. The number of amides is 1. The van der Waals surface area contributed by atoms with Crippen molar-refractivity contribution in [1.29, 1.82) is 0 Å². The molecule has 1 amide bonds. The normalized spacial score (nSPS) is 12.2. The predicted molar refractivity (Wildman–Crippen MR) is 88.0 cm³/mol. The van der Waals surface area contributed by atoms with E-state index in [-0.39, 0.29) is 12.3 Å². The molecule has 0 aliphatic heterocycles. The molecular weight excluding hydrogens is 280 g/mol. The lowest BCUT2D eigenvalue weighted by Gasteiger charge is -2.15. The summed E-state index contributed by atoms with van der Waals surface area (Å²) in [5, 5.41) is 14.9. The molecule has 0 fully saturated rings. The van der Waals surface area contributed by atoms with Gasteiger partial charge in [0.1, 0.15) is 6.04 Å². The summed E-state index contributed by atoms with van der Waals surface area (Å²) in [6.45, 7) is 8.65. The first kappa shape index (κ1) is 18.2. The molecule has 0 aromatic heterocycles. The Morgan fingerprint density at radius 1 is 1.14 bits per heavy atom. The van der Waals surface area contributed by atoms with Crippen molar-refractivity contribution in [3.63, 3.8) is 0 Å². The molecular formula is C17H26N2O3. The molecule has 1 aromatic carbocycles. The minimum atomic E-state index is -1.00. The molecule has 0 saturated carbocycles. The van der Waals surface area contributed by atoms with E-state index in [1.807, 2.05) is 32.0 Å². The van der Waals surface area contributed by atoms with Crippen molar-refractivity contribution in [3.05, 3.63) is 29.3 Å². The zero-order valence-electron chi connectivity index (χ0n) is 13.8. The van der Waals surface area contributed by atoms with Crippen LogP contribution in [0.15, 0.2) is 18.2 Å².